The molecule has 0 unspecified atom stereocenters. The van der Waals surface area contributed by atoms with Crippen molar-refractivity contribution < 1.29 is 0 Å². The summed E-state index contributed by atoms with van der Waals surface area (Å²) >= 11 is 0. The number of nitrogens with two attached hydrogens (primary N) is 1. The number of hydrogen-bond donors (Lipinski definition) is 1. The van der Waals surface area contributed by atoms with Crippen molar-refractivity contribution in [2.45, 2.75) is 26.4 Å². The first-order valence-electron chi connectivity index (χ1n) is 6.95. The van der Waals surface area contributed by atoms with Gasteiger partial charge in [0.1, 0.15) is 5.82 Å². The third-order valence-electron chi connectivity index (χ3n) is 3.71. The van der Waals surface area contributed by atoms with Gasteiger partial charge < -0.3 is 10.3 Å². The number of aryl methyl sites for hydroxylation is 1. The molecule has 102 valence electrons. The molecule has 1 aromatic heterocycles. The molecule has 2 N–H and O–H groups in total. The predicted molar refractivity (Wildman–Crippen MR) is 82.3 cm³/mol. The van der Waals surface area contributed by atoms with Crippen molar-refractivity contribution in [3.8, 4) is 0 Å². The highest BCUT2D eigenvalue weighted by molar-refractivity contribution is 5.52. The second-order valence-electron chi connectivity index (χ2n) is 5.09. The number of imidazole rings is 1. The number of benzene rings is 1. The van der Waals surface area contributed by atoms with Crippen LogP contribution in [0.5, 0.6) is 0 Å². The maximum absolute atomic E-state index is 5.64. The molecule has 0 aliphatic heterocycles. The van der Waals surface area contributed by atoms with Gasteiger partial charge >= 0.3 is 0 Å². The Morgan fingerprint density at radius 1 is 1.15 bits per heavy atom. The fourth-order valence-corrected chi connectivity index (χ4v) is 2.56. The Hall–Kier alpha value is -2.13. The Bertz CT molecular complexity index is 660. The number of aromatic nitrogens is 2. The minimum Gasteiger partial charge on any atom is -0.327 e. The lowest BCUT2D eigenvalue weighted by Gasteiger charge is -2.10. The summed E-state index contributed by atoms with van der Waals surface area (Å²) in [5.41, 5.74) is 10.5. The average molecular weight is 265 g/mol. The first-order chi connectivity index (χ1) is 9.78. The molecule has 3 rings (SSSR count). The molecule has 0 spiro atoms. The second-order valence-corrected chi connectivity index (χ2v) is 5.09. The van der Waals surface area contributed by atoms with Crippen molar-refractivity contribution in [2.24, 2.45) is 5.73 Å². The quantitative estimate of drug-likeness (QED) is 0.927. The Morgan fingerprint density at radius 2 is 1.90 bits per heavy atom. The van der Waals surface area contributed by atoms with Crippen LogP contribution in [0.25, 0.3) is 6.08 Å². The summed E-state index contributed by atoms with van der Waals surface area (Å²) in [6, 6.07) is 8.49. The van der Waals surface area contributed by atoms with Crippen LogP contribution < -0.4 is 5.73 Å². The fourth-order valence-electron chi connectivity index (χ4n) is 2.56. The molecule has 0 radical (unpaired) electrons. The molecule has 1 aromatic carbocycles. The lowest BCUT2D eigenvalue weighted by Crippen LogP contribution is -2.07. The Balaban J connectivity index is 1.92. The molecule has 3 heteroatoms. The van der Waals surface area contributed by atoms with E-state index in [4.69, 9.17) is 5.73 Å². The van der Waals surface area contributed by atoms with E-state index in [1.54, 1.807) is 0 Å². The third-order valence-corrected chi connectivity index (χ3v) is 3.71. The van der Waals surface area contributed by atoms with Crippen molar-refractivity contribution in [1.82, 2.24) is 9.55 Å². The minimum absolute atomic E-state index is 0.593. The summed E-state index contributed by atoms with van der Waals surface area (Å²) in [6.07, 6.45) is 9.33. The van der Waals surface area contributed by atoms with Gasteiger partial charge in [-0.15, -0.1) is 0 Å². The minimum atomic E-state index is 0.593. The Labute approximate surface area is 119 Å². The summed E-state index contributed by atoms with van der Waals surface area (Å²) in [5.74, 6) is 1.07. The van der Waals surface area contributed by atoms with E-state index in [9.17, 15) is 0 Å². The highest BCUT2D eigenvalue weighted by atomic mass is 15.1. The standard InChI is InChI=1S/C17H19N3/c1-13-19-16-5-3-2-4-6-17(16)20(13)12-15-9-7-14(11-18)8-10-15/h2-5,7-10H,6,11-12,18H2,1H3. The zero-order valence-corrected chi connectivity index (χ0v) is 11.7. The normalized spacial score (nSPS) is 13.3. The molecule has 1 aliphatic rings. The molecule has 0 saturated carbocycles. The molecular formula is C17H19N3. The van der Waals surface area contributed by atoms with Gasteiger partial charge in [0.15, 0.2) is 0 Å². The van der Waals surface area contributed by atoms with E-state index in [0.29, 0.717) is 6.54 Å². The van der Waals surface area contributed by atoms with Gasteiger partial charge in [0.05, 0.1) is 5.69 Å². The maximum Gasteiger partial charge on any atom is 0.106 e. The van der Waals surface area contributed by atoms with Crippen LogP contribution in [0.3, 0.4) is 0 Å². The molecule has 2 aromatic rings. The summed E-state index contributed by atoms with van der Waals surface area (Å²) in [5, 5.41) is 0. The lowest BCUT2D eigenvalue weighted by atomic mass is 10.1. The Morgan fingerprint density at radius 3 is 2.65 bits per heavy atom. The lowest BCUT2D eigenvalue weighted by molar-refractivity contribution is 0.727. The molecule has 0 bridgehead atoms. The zero-order chi connectivity index (χ0) is 13.9. The largest absolute Gasteiger partial charge is 0.327 e. The summed E-state index contributed by atoms with van der Waals surface area (Å²) in [7, 11) is 0. The number of rotatable bonds is 3. The molecule has 0 fully saturated rings. The molecule has 0 atom stereocenters. The van der Waals surface area contributed by atoms with E-state index >= 15 is 0 Å². The topological polar surface area (TPSA) is 43.8 Å². The van der Waals surface area contributed by atoms with Crippen LogP contribution in [0.1, 0.15) is 28.3 Å². The van der Waals surface area contributed by atoms with Gasteiger partial charge in [0.2, 0.25) is 0 Å². The van der Waals surface area contributed by atoms with Crippen LogP contribution in [0.15, 0.2) is 42.5 Å². The van der Waals surface area contributed by atoms with Gasteiger partial charge in [-0.05, 0) is 24.1 Å². The molecule has 1 heterocycles. The molecule has 0 amide bonds. The summed E-state index contributed by atoms with van der Waals surface area (Å²) in [6.45, 7) is 3.52. The van der Waals surface area contributed by atoms with Crippen LogP contribution in [0.2, 0.25) is 0 Å². The van der Waals surface area contributed by atoms with Crippen LogP contribution in [-0.2, 0) is 19.5 Å². The van der Waals surface area contributed by atoms with Gasteiger partial charge in [-0.25, -0.2) is 4.98 Å². The maximum atomic E-state index is 5.64. The monoisotopic (exact) mass is 265 g/mol. The molecule has 0 saturated heterocycles. The van der Waals surface area contributed by atoms with Crippen LogP contribution in [-0.4, -0.2) is 9.55 Å². The summed E-state index contributed by atoms with van der Waals surface area (Å²) < 4.78 is 2.30. The average Bonchev–Trinajstić information content (AvgIpc) is 2.65. The molecular weight excluding hydrogens is 246 g/mol. The van der Waals surface area contributed by atoms with E-state index in [-0.39, 0.29) is 0 Å². The number of hydrogen-bond acceptors (Lipinski definition) is 2. The van der Waals surface area contributed by atoms with E-state index in [1.807, 2.05) is 0 Å². The van der Waals surface area contributed by atoms with E-state index < -0.39 is 0 Å². The number of nitrogens with zero attached hydrogens (tertiary/aromatic N) is 2. The van der Waals surface area contributed by atoms with Crippen molar-refractivity contribution in [2.75, 3.05) is 0 Å². The van der Waals surface area contributed by atoms with Crippen molar-refractivity contribution in [3.05, 3.63) is 70.8 Å². The highest BCUT2D eigenvalue weighted by Gasteiger charge is 2.12. The van der Waals surface area contributed by atoms with Gasteiger partial charge in [0, 0.05) is 25.2 Å². The molecule has 3 nitrogen and oxygen atoms in total. The van der Waals surface area contributed by atoms with E-state index in [1.165, 1.54) is 16.8 Å². The van der Waals surface area contributed by atoms with Gasteiger partial charge in [-0.1, -0.05) is 42.5 Å². The fraction of sp³-hybridized carbons (Fsp3) is 0.235. The SMILES string of the molecule is Cc1nc2c(n1Cc1ccc(CN)cc1)CC=CC=C2. The first-order valence-corrected chi connectivity index (χ1v) is 6.95. The highest BCUT2D eigenvalue weighted by Crippen LogP contribution is 2.19. The van der Waals surface area contributed by atoms with E-state index in [2.05, 4.69) is 65.0 Å². The zero-order valence-electron chi connectivity index (χ0n) is 11.7. The van der Waals surface area contributed by atoms with Crippen molar-refractivity contribution >= 4 is 6.08 Å². The van der Waals surface area contributed by atoms with Crippen LogP contribution in [0.4, 0.5) is 0 Å². The first kappa shape index (κ1) is 12.9. The number of fused-ring (bicyclic) bond motifs is 1. The Kier molecular flexibility index (Phi) is 3.52. The summed E-state index contributed by atoms with van der Waals surface area (Å²) in [4.78, 5) is 4.66. The third kappa shape index (κ3) is 2.45. The number of allylic oxidation sites excluding steroid dienone is 3. The second kappa shape index (κ2) is 5.47. The predicted octanol–water partition coefficient (Wildman–Crippen LogP) is 2.82. The smallest absolute Gasteiger partial charge is 0.106 e. The van der Waals surface area contributed by atoms with E-state index in [0.717, 1.165) is 24.5 Å². The molecule has 1 aliphatic carbocycles. The van der Waals surface area contributed by atoms with Crippen molar-refractivity contribution in [3.63, 3.8) is 0 Å². The van der Waals surface area contributed by atoms with Gasteiger partial charge in [-0.2, -0.15) is 0 Å². The van der Waals surface area contributed by atoms with Crippen LogP contribution >= 0.6 is 0 Å². The van der Waals surface area contributed by atoms with Crippen LogP contribution in [0, 0.1) is 6.92 Å². The van der Waals surface area contributed by atoms with Crippen molar-refractivity contribution in [1.29, 1.82) is 0 Å². The van der Waals surface area contributed by atoms with Gasteiger partial charge in [-0.3, -0.25) is 0 Å². The molecule has 20 heavy (non-hydrogen) atoms. The van der Waals surface area contributed by atoms with Gasteiger partial charge in [0.25, 0.3) is 0 Å².